The summed E-state index contributed by atoms with van der Waals surface area (Å²) in [5, 5.41) is 37.6. The lowest BCUT2D eigenvalue weighted by Gasteiger charge is -2.38. The molecular formula is C23H45NO11SSi. The first-order chi connectivity index (χ1) is 17.0. The van der Waals surface area contributed by atoms with Crippen LogP contribution in [0, 0.1) is 0 Å². The summed E-state index contributed by atoms with van der Waals surface area (Å²) in [6.07, 6.45) is -0.464. The average molecular weight is 572 g/mol. The highest BCUT2D eigenvalue weighted by atomic mass is 32.2. The minimum atomic E-state index is -3.00. The molecule has 14 heteroatoms. The zero-order chi connectivity index (χ0) is 28.8. The number of aliphatic hydroxyl groups is 1. The molecule has 0 saturated carbocycles. The molecule has 0 aliphatic carbocycles. The second-order valence-corrected chi connectivity index (χ2v) is 13.8. The van der Waals surface area contributed by atoms with Crippen LogP contribution in [0.2, 0.25) is 6.04 Å². The van der Waals surface area contributed by atoms with Crippen molar-refractivity contribution in [3.05, 3.63) is 0 Å². The van der Waals surface area contributed by atoms with Gasteiger partial charge in [0, 0.05) is 36.4 Å². The summed E-state index contributed by atoms with van der Waals surface area (Å²) in [4.78, 5) is 34.4. The van der Waals surface area contributed by atoms with Gasteiger partial charge in [-0.2, -0.15) is 11.8 Å². The van der Waals surface area contributed by atoms with Crippen LogP contribution in [-0.4, -0.2) is 120 Å². The molecule has 0 aromatic heterocycles. The molecule has 0 heterocycles. The standard InChI is InChI=1S/C23H45NO11SSi/c1-16(2)33-37(34-17(3)4,35-23(5,6)7)10-8-9-32-13-18(25)14-36-15-19(22(30)31)24(11-20(26)27)12-21(28)29/h16-19,25H,8-15H2,1-7H3,(H,26,27)(H,28,29)(H,30,31). The highest BCUT2D eigenvalue weighted by molar-refractivity contribution is 7.99. The van der Waals surface area contributed by atoms with Gasteiger partial charge in [-0.15, -0.1) is 0 Å². The lowest BCUT2D eigenvalue weighted by Crippen LogP contribution is -2.53. The van der Waals surface area contributed by atoms with Crippen molar-refractivity contribution in [1.29, 1.82) is 0 Å². The summed E-state index contributed by atoms with van der Waals surface area (Å²) in [7, 11) is -3.00. The maximum atomic E-state index is 11.6. The van der Waals surface area contributed by atoms with E-state index in [2.05, 4.69) is 0 Å². The number of hydrogen-bond acceptors (Lipinski definition) is 10. The number of carbonyl (C=O) groups is 3. The summed E-state index contributed by atoms with van der Waals surface area (Å²) in [5.41, 5.74) is -0.456. The second kappa shape index (κ2) is 17.3. The molecule has 0 aromatic carbocycles. The summed E-state index contributed by atoms with van der Waals surface area (Å²) in [5.74, 6) is -3.95. The van der Waals surface area contributed by atoms with E-state index in [-0.39, 0.29) is 30.3 Å². The number of rotatable bonds is 21. The van der Waals surface area contributed by atoms with Crippen molar-refractivity contribution in [3.8, 4) is 0 Å². The minimum Gasteiger partial charge on any atom is -0.480 e. The molecule has 0 fully saturated rings. The van der Waals surface area contributed by atoms with E-state index in [1.165, 1.54) is 0 Å². The predicted octanol–water partition coefficient (Wildman–Crippen LogP) is 2.02. The zero-order valence-electron chi connectivity index (χ0n) is 23.0. The molecule has 0 amide bonds. The molecule has 2 atom stereocenters. The summed E-state index contributed by atoms with van der Waals surface area (Å²) >= 11 is 1.08. The molecule has 218 valence electrons. The van der Waals surface area contributed by atoms with E-state index >= 15 is 0 Å². The molecule has 12 nitrogen and oxygen atoms in total. The Morgan fingerprint density at radius 3 is 1.84 bits per heavy atom. The smallest absolute Gasteiger partial charge is 0.480 e. The van der Waals surface area contributed by atoms with Gasteiger partial charge in [0.2, 0.25) is 0 Å². The Morgan fingerprint density at radius 2 is 1.43 bits per heavy atom. The van der Waals surface area contributed by atoms with Gasteiger partial charge in [-0.1, -0.05) is 0 Å². The molecule has 0 saturated heterocycles. The fourth-order valence-corrected chi connectivity index (χ4v) is 7.88. The fraction of sp³-hybridized carbons (Fsp3) is 0.870. The summed E-state index contributed by atoms with van der Waals surface area (Å²) < 4.78 is 24.2. The van der Waals surface area contributed by atoms with Crippen LogP contribution in [0.5, 0.6) is 0 Å². The number of aliphatic hydroxyl groups excluding tert-OH is 1. The third kappa shape index (κ3) is 17.8. The first-order valence-electron chi connectivity index (χ1n) is 12.3. The Morgan fingerprint density at radius 1 is 0.919 bits per heavy atom. The van der Waals surface area contributed by atoms with Crippen LogP contribution in [0.1, 0.15) is 54.9 Å². The third-order valence-corrected chi connectivity index (χ3v) is 9.08. The van der Waals surface area contributed by atoms with Crippen molar-refractivity contribution in [3.63, 3.8) is 0 Å². The van der Waals surface area contributed by atoms with E-state index < -0.39 is 57.5 Å². The van der Waals surface area contributed by atoms with Gasteiger partial charge in [-0.25, -0.2) is 0 Å². The monoisotopic (exact) mass is 571 g/mol. The summed E-state index contributed by atoms with van der Waals surface area (Å²) in [6, 6.07) is -0.789. The van der Waals surface area contributed by atoms with Gasteiger partial charge in [0.15, 0.2) is 0 Å². The lowest BCUT2D eigenvalue weighted by molar-refractivity contribution is -0.148. The molecule has 0 bridgehead atoms. The van der Waals surface area contributed by atoms with Crippen LogP contribution in [0.25, 0.3) is 0 Å². The number of nitrogens with zero attached hydrogens (tertiary/aromatic N) is 1. The molecule has 37 heavy (non-hydrogen) atoms. The van der Waals surface area contributed by atoms with Gasteiger partial charge in [-0.3, -0.25) is 19.3 Å². The van der Waals surface area contributed by atoms with Gasteiger partial charge in [0.25, 0.3) is 0 Å². The van der Waals surface area contributed by atoms with Crippen LogP contribution in [0.3, 0.4) is 0 Å². The Labute approximate surface area is 225 Å². The van der Waals surface area contributed by atoms with Crippen LogP contribution < -0.4 is 0 Å². The lowest BCUT2D eigenvalue weighted by atomic mass is 10.2. The highest BCUT2D eigenvalue weighted by Crippen LogP contribution is 2.27. The maximum absolute atomic E-state index is 11.6. The van der Waals surface area contributed by atoms with Crippen LogP contribution in [0.15, 0.2) is 0 Å². The van der Waals surface area contributed by atoms with E-state index in [1.54, 1.807) is 0 Å². The molecule has 2 unspecified atom stereocenters. The van der Waals surface area contributed by atoms with Gasteiger partial charge < -0.3 is 38.4 Å². The van der Waals surface area contributed by atoms with Crippen LogP contribution in [0.4, 0.5) is 0 Å². The maximum Gasteiger partial charge on any atom is 0.501 e. The Hall–Kier alpha value is -1.26. The van der Waals surface area contributed by atoms with Gasteiger partial charge in [0.1, 0.15) is 6.04 Å². The number of carboxylic acids is 3. The van der Waals surface area contributed by atoms with E-state index in [4.69, 9.17) is 28.2 Å². The molecule has 0 aliphatic heterocycles. The van der Waals surface area contributed by atoms with Crippen molar-refractivity contribution >= 4 is 38.5 Å². The quantitative estimate of drug-likeness (QED) is 0.117. The first-order valence-corrected chi connectivity index (χ1v) is 15.3. The third-order valence-electron chi connectivity index (χ3n) is 4.36. The van der Waals surface area contributed by atoms with Crippen molar-refractivity contribution in [2.45, 2.75) is 90.9 Å². The molecule has 0 aromatic rings. The van der Waals surface area contributed by atoms with E-state index in [0.29, 0.717) is 19.1 Å². The Balaban J connectivity index is 4.75. The van der Waals surface area contributed by atoms with Crippen molar-refractivity contribution in [1.82, 2.24) is 4.90 Å². The minimum absolute atomic E-state index is 0.0173. The van der Waals surface area contributed by atoms with Crippen molar-refractivity contribution in [2.75, 3.05) is 37.8 Å². The van der Waals surface area contributed by atoms with Crippen molar-refractivity contribution < 1.29 is 52.8 Å². The Bertz CT molecular complexity index is 677. The van der Waals surface area contributed by atoms with Crippen LogP contribution in [-0.2, 0) is 32.4 Å². The second-order valence-electron chi connectivity index (χ2n) is 10.1. The first kappa shape index (κ1) is 35.7. The largest absolute Gasteiger partial charge is 0.501 e. The number of thioether (sulfide) groups is 1. The average Bonchev–Trinajstić information content (AvgIpc) is 2.66. The molecular weight excluding hydrogens is 526 g/mol. The summed E-state index contributed by atoms with van der Waals surface area (Å²) in [6.45, 7) is 12.5. The number of aliphatic carboxylic acids is 3. The Kier molecular flexibility index (Phi) is 16.8. The molecule has 0 aliphatic rings. The van der Waals surface area contributed by atoms with Gasteiger partial charge >= 0.3 is 26.7 Å². The molecule has 0 radical (unpaired) electrons. The molecule has 0 spiro atoms. The normalized spacial score (nSPS) is 14.4. The fourth-order valence-electron chi connectivity index (χ4n) is 3.36. The van der Waals surface area contributed by atoms with E-state index in [0.717, 1.165) is 16.7 Å². The number of ether oxygens (including phenoxy) is 1. The predicted molar refractivity (Wildman–Crippen MR) is 141 cm³/mol. The van der Waals surface area contributed by atoms with E-state index in [1.807, 2.05) is 48.5 Å². The van der Waals surface area contributed by atoms with Crippen molar-refractivity contribution in [2.24, 2.45) is 0 Å². The van der Waals surface area contributed by atoms with Crippen LogP contribution >= 0.6 is 11.8 Å². The zero-order valence-corrected chi connectivity index (χ0v) is 24.8. The highest BCUT2D eigenvalue weighted by Gasteiger charge is 2.45. The molecule has 4 N–H and O–H groups in total. The van der Waals surface area contributed by atoms with Gasteiger partial charge in [0.05, 0.1) is 31.4 Å². The SMILES string of the molecule is CC(C)O[Si](CCCOCC(O)CSCC(C(=O)O)N(CC(=O)O)CC(=O)O)(OC(C)C)OC(C)(C)C. The molecule has 0 rings (SSSR count). The number of carboxylic acid groups (broad SMARTS) is 3. The number of hydrogen-bond donors (Lipinski definition) is 4. The topological polar surface area (TPSA) is 172 Å². The van der Waals surface area contributed by atoms with E-state index in [9.17, 15) is 24.6 Å². The van der Waals surface area contributed by atoms with Gasteiger partial charge in [-0.05, 0) is 54.9 Å².